The lowest BCUT2D eigenvalue weighted by molar-refractivity contribution is -0.138. The largest absolute Gasteiger partial charge is 0.416 e. The van der Waals surface area contributed by atoms with Gasteiger partial charge in [0.25, 0.3) is 0 Å². The second kappa shape index (κ2) is 8.99. The molecule has 3 rings (SSSR count). The first-order valence-electron chi connectivity index (χ1n) is 9.82. The summed E-state index contributed by atoms with van der Waals surface area (Å²) >= 11 is 0. The molecule has 0 unspecified atom stereocenters. The first kappa shape index (κ1) is 23.9. The van der Waals surface area contributed by atoms with E-state index in [1.165, 1.54) is 17.9 Å². The molecule has 2 amide bonds. The lowest BCUT2D eigenvalue weighted by Crippen LogP contribution is -2.45. The van der Waals surface area contributed by atoms with Crippen LogP contribution in [0, 0.1) is 12.7 Å². The van der Waals surface area contributed by atoms with Crippen molar-refractivity contribution >= 4 is 11.7 Å². The number of anilines is 1. The zero-order valence-corrected chi connectivity index (χ0v) is 17.1. The Hall–Kier alpha value is -2.79. The molecule has 2 heterocycles. The van der Waals surface area contributed by atoms with Crippen LogP contribution in [0.5, 0.6) is 0 Å². The van der Waals surface area contributed by atoms with Crippen LogP contribution in [0.1, 0.15) is 41.3 Å². The molecular weight excluding hydrogens is 437 g/mol. The van der Waals surface area contributed by atoms with Gasteiger partial charge in [-0.25, -0.2) is 13.6 Å². The van der Waals surface area contributed by atoms with Gasteiger partial charge in [0.05, 0.1) is 12.2 Å². The van der Waals surface area contributed by atoms with E-state index in [1.807, 2.05) is 0 Å². The Morgan fingerprint density at radius 3 is 2.47 bits per heavy atom. The number of amides is 2. The van der Waals surface area contributed by atoms with Gasteiger partial charge in [0.15, 0.2) is 5.67 Å². The Morgan fingerprint density at radius 2 is 1.94 bits per heavy atom. The van der Waals surface area contributed by atoms with Crippen molar-refractivity contribution < 1.29 is 37.0 Å². The van der Waals surface area contributed by atoms with Crippen LogP contribution in [0.4, 0.5) is 32.4 Å². The maximum Gasteiger partial charge on any atom is 0.416 e. The number of carbonyl (C=O) groups excluding carboxylic acids is 1. The number of piperidine rings is 1. The van der Waals surface area contributed by atoms with E-state index in [2.05, 4.69) is 10.3 Å². The number of hydrogen-bond acceptors (Lipinski definition) is 4. The molecule has 3 N–H and O–H groups in total. The van der Waals surface area contributed by atoms with Crippen LogP contribution < -0.4 is 5.32 Å². The molecule has 1 aromatic carbocycles. The molecule has 1 aromatic heterocycles. The van der Waals surface area contributed by atoms with E-state index in [1.54, 1.807) is 0 Å². The van der Waals surface area contributed by atoms with Crippen LogP contribution in [0.2, 0.25) is 0 Å². The molecule has 2 aromatic rings. The third kappa shape index (κ3) is 4.99. The summed E-state index contributed by atoms with van der Waals surface area (Å²) in [6.07, 6.45) is -5.22. The van der Waals surface area contributed by atoms with Crippen molar-refractivity contribution in [3.63, 3.8) is 0 Å². The molecule has 0 saturated carbocycles. The van der Waals surface area contributed by atoms with Gasteiger partial charge in [-0.2, -0.15) is 13.2 Å². The fourth-order valence-corrected chi connectivity index (χ4v) is 3.63. The molecule has 32 heavy (non-hydrogen) atoms. The summed E-state index contributed by atoms with van der Waals surface area (Å²) in [4.78, 5) is 17.5. The molecule has 6 nitrogen and oxygen atoms in total. The highest BCUT2D eigenvalue weighted by molar-refractivity contribution is 5.89. The fourth-order valence-electron chi connectivity index (χ4n) is 3.63. The Balaban J connectivity index is 1.65. The number of halogens is 5. The minimum Gasteiger partial charge on any atom is -0.393 e. The van der Waals surface area contributed by atoms with Crippen molar-refractivity contribution in [2.45, 2.75) is 37.7 Å². The first-order chi connectivity index (χ1) is 14.9. The first-order valence-corrected chi connectivity index (χ1v) is 9.82. The van der Waals surface area contributed by atoms with E-state index in [4.69, 9.17) is 5.11 Å². The standard InChI is InChI=1S/C21H22F5N3O3/c1-12-8-14(2-3-15(12)21(24,25)26)28-19(32)29-6-4-20(23,5-7-29)18-16(22)9-13(10-27-18)17(31)11-30/h2-3,8-10,17,30-31H,4-7,11H2,1H3,(H,28,32)/t17-/m1/s1. The molecular formula is C21H22F5N3O3. The lowest BCUT2D eigenvalue weighted by Gasteiger charge is -2.36. The molecule has 1 saturated heterocycles. The molecule has 0 radical (unpaired) electrons. The normalized spacial score (nSPS) is 17.2. The van der Waals surface area contributed by atoms with Gasteiger partial charge in [0, 0.05) is 43.4 Å². The molecule has 0 spiro atoms. The van der Waals surface area contributed by atoms with Crippen molar-refractivity contribution in [2.75, 3.05) is 25.0 Å². The second-order valence-electron chi connectivity index (χ2n) is 7.71. The van der Waals surface area contributed by atoms with E-state index >= 15 is 4.39 Å². The summed E-state index contributed by atoms with van der Waals surface area (Å²) < 4.78 is 68.4. The summed E-state index contributed by atoms with van der Waals surface area (Å²) in [6, 6.07) is 3.52. The summed E-state index contributed by atoms with van der Waals surface area (Å²) in [5.74, 6) is -0.962. The number of nitrogens with zero attached hydrogens (tertiary/aromatic N) is 2. The summed E-state index contributed by atoms with van der Waals surface area (Å²) in [6.45, 7) is 0.515. The number of alkyl halides is 4. The van der Waals surface area contributed by atoms with E-state index in [0.717, 1.165) is 24.4 Å². The number of rotatable bonds is 4. The van der Waals surface area contributed by atoms with E-state index in [-0.39, 0.29) is 42.7 Å². The number of aromatic nitrogens is 1. The van der Waals surface area contributed by atoms with Gasteiger partial charge in [-0.1, -0.05) is 0 Å². The highest BCUT2D eigenvalue weighted by Gasteiger charge is 2.41. The van der Waals surface area contributed by atoms with Crippen LogP contribution in [0.25, 0.3) is 0 Å². The third-order valence-corrected chi connectivity index (χ3v) is 5.47. The molecule has 0 bridgehead atoms. The predicted molar refractivity (Wildman–Crippen MR) is 105 cm³/mol. The lowest BCUT2D eigenvalue weighted by atomic mass is 9.89. The van der Waals surface area contributed by atoms with Gasteiger partial charge >= 0.3 is 12.2 Å². The third-order valence-electron chi connectivity index (χ3n) is 5.47. The zero-order valence-electron chi connectivity index (χ0n) is 17.1. The molecule has 174 valence electrons. The SMILES string of the molecule is Cc1cc(NC(=O)N2CCC(F)(c3ncc([C@H](O)CO)cc3F)CC2)ccc1C(F)(F)F. The van der Waals surface area contributed by atoms with Gasteiger partial charge in [-0.05, 0) is 36.8 Å². The number of benzene rings is 1. The Labute approximate surface area is 180 Å². The molecule has 11 heteroatoms. The van der Waals surface area contributed by atoms with E-state index in [9.17, 15) is 27.5 Å². The van der Waals surface area contributed by atoms with Crippen molar-refractivity contribution in [1.29, 1.82) is 0 Å². The molecule has 1 aliphatic heterocycles. The number of aliphatic hydroxyl groups is 2. The van der Waals surface area contributed by atoms with Gasteiger partial charge in [0.1, 0.15) is 17.6 Å². The number of urea groups is 1. The van der Waals surface area contributed by atoms with Gasteiger partial charge in [-0.3, -0.25) is 4.98 Å². The van der Waals surface area contributed by atoms with Crippen LogP contribution in [0.3, 0.4) is 0 Å². The number of aliphatic hydroxyl groups excluding tert-OH is 2. The van der Waals surface area contributed by atoms with E-state index < -0.39 is 47.7 Å². The summed E-state index contributed by atoms with van der Waals surface area (Å²) in [5, 5.41) is 21.0. The minimum atomic E-state index is -4.50. The Bertz CT molecular complexity index is 991. The average Bonchev–Trinajstić information content (AvgIpc) is 2.72. The fraction of sp³-hybridized carbons (Fsp3) is 0.429. The number of nitrogens with one attached hydrogen (secondary N) is 1. The zero-order chi connectivity index (χ0) is 23.7. The minimum absolute atomic E-state index is 0.0148. The average molecular weight is 459 g/mol. The molecule has 1 fully saturated rings. The quantitative estimate of drug-likeness (QED) is 0.602. The number of carbonyl (C=O) groups is 1. The van der Waals surface area contributed by atoms with Gasteiger partial charge in [-0.15, -0.1) is 0 Å². The maximum absolute atomic E-state index is 15.4. The monoisotopic (exact) mass is 459 g/mol. The molecule has 1 atom stereocenters. The topological polar surface area (TPSA) is 85.7 Å². The highest BCUT2D eigenvalue weighted by Crippen LogP contribution is 2.38. The molecule has 0 aliphatic carbocycles. The number of hydrogen-bond donors (Lipinski definition) is 3. The predicted octanol–water partition coefficient (Wildman–Crippen LogP) is 4.07. The van der Waals surface area contributed by atoms with Crippen molar-refractivity contribution in [2.24, 2.45) is 0 Å². The van der Waals surface area contributed by atoms with Crippen LogP contribution >= 0.6 is 0 Å². The highest BCUT2D eigenvalue weighted by atomic mass is 19.4. The van der Waals surface area contributed by atoms with Crippen molar-refractivity contribution in [3.05, 3.63) is 58.7 Å². The summed E-state index contributed by atoms with van der Waals surface area (Å²) in [7, 11) is 0. The Morgan fingerprint density at radius 1 is 1.28 bits per heavy atom. The number of pyridine rings is 1. The second-order valence-corrected chi connectivity index (χ2v) is 7.71. The van der Waals surface area contributed by atoms with Gasteiger partial charge < -0.3 is 20.4 Å². The van der Waals surface area contributed by atoms with Crippen molar-refractivity contribution in [3.8, 4) is 0 Å². The van der Waals surface area contributed by atoms with Crippen LogP contribution in [0.15, 0.2) is 30.5 Å². The molecule has 1 aliphatic rings. The maximum atomic E-state index is 15.4. The van der Waals surface area contributed by atoms with Crippen molar-refractivity contribution in [1.82, 2.24) is 9.88 Å². The van der Waals surface area contributed by atoms with Crippen LogP contribution in [-0.4, -0.2) is 45.8 Å². The summed E-state index contributed by atoms with van der Waals surface area (Å²) in [5.41, 5.74) is -3.24. The van der Waals surface area contributed by atoms with Crippen LogP contribution in [-0.2, 0) is 11.8 Å². The Kier molecular flexibility index (Phi) is 6.70. The number of likely N-dealkylation sites (tertiary alicyclic amines) is 1. The van der Waals surface area contributed by atoms with Gasteiger partial charge in [0.2, 0.25) is 0 Å². The smallest absolute Gasteiger partial charge is 0.393 e. The van der Waals surface area contributed by atoms with E-state index in [0.29, 0.717) is 0 Å². The number of aryl methyl sites for hydroxylation is 1.